The number of fused-ring (bicyclic) bond motifs is 1. The fourth-order valence-electron chi connectivity index (χ4n) is 3.54. The SMILES string of the molecule is CSc1cccc(-n2c(=O)c(CCCc3ccncc3)cc3ccc(C)nc32)c1. The number of nitrogens with zero attached hydrogens (tertiary/aromatic N) is 3. The predicted molar refractivity (Wildman–Crippen MR) is 120 cm³/mol. The quantitative estimate of drug-likeness (QED) is 0.427. The van der Waals surface area contributed by atoms with Gasteiger partial charge in [-0.3, -0.25) is 14.3 Å². The zero-order valence-electron chi connectivity index (χ0n) is 16.6. The molecule has 0 amide bonds. The van der Waals surface area contributed by atoms with E-state index in [0.717, 1.165) is 46.5 Å². The third kappa shape index (κ3) is 4.25. The maximum atomic E-state index is 13.4. The standard InChI is InChI=1S/C24H23N3OS/c1-17-9-10-19-15-20(6-3-5-18-11-13-25-14-12-18)24(28)27(23(19)26-17)21-7-4-8-22(16-21)29-2/h4,7-16H,3,5-6H2,1-2H3. The normalized spacial score (nSPS) is 11.1. The minimum atomic E-state index is 0.0172. The van der Waals surface area contributed by atoms with Crippen molar-refractivity contribution in [2.75, 3.05) is 6.26 Å². The van der Waals surface area contributed by atoms with Crippen molar-refractivity contribution in [1.82, 2.24) is 14.5 Å². The van der Waals surface area contributed by atoms with Crippen LogP contribution < -0.4 is 5.56 Å². The number of hydrogen-bond donors (Lipinski definition) is 0. The molecule has 1 aromatic carbocycles. The molecular formula is C24H23N3OS. The summed E-state index contributed by atoms with van der Waals surface area (Å²) >= 11 is 1.67. The van der Waals surface area contributed by atoms with Crippen LogP contribution in [0, 0.1) is 6.92 Å². The number of aryl methyl sites for hydroxylation is 3. The molecule has 5 heteroatoms. The summed E-state index contributed by atoms with van der Waals surface area (Å²) in [6.45, 7) is 1.95. The highest BCUT2D eigenvalue weighted by Crippen LogP contribution is 2.22. The van der Waals surface area contributed by atoms with E-state index in [1.165, 1.54) is 5.56 Å². The van der Waals surface area contributed by atoms with Crippen molar-refractivity contribution in [3.8, 4) is 5.69 Å². The van der Waals surface area contributed by atoms with E-state index in [2.05, 4.69) is 28.2 Å². The van der Waals surface area contributed by atoms with E-state index < -0.39 is 0 Å². The highest BCUT2D eigenvalue weighted by molar-refractivity contribution is 7.98. The van der Waals surface area contributed by atoms with Gasteiger partial charge in [-0.25, -0.2) is 4.98 Å². The first-order valence-corrected chi connectivity index (χ1v) is 10.9. The second-order valence-corrected chi connectivity index (χ2v) is 7.97. The molecule has 0 aliphatic rings. The topological polar surface area (TPSA) is 47.8 Å². The van der Waals surface area contributed by atoms with Gasteiger partial charge < -0.3 is 0 Å². The maximum Gasteiger partial charge on any atom is 0.259 e. The summed E-state index contributed by atoms with van der Waals surface area (Å²) < 4.78 is 1.77. The Bertz CT molecular complexity index is 1200. The molecule has 0 saturated heterocycles. The second-order valence-electron chi connectivity index (χ2n) is 7.09. The van der Waals surface area contributed by atoms with Gasteiger partial charge in [0.1, 0.15) is 5.65 Å². The lowest BCUT2D eigenvalue weighted by molar-refractivity contribution is 0.802. The number of thioether (sulfide) groups is 1. The lowest BCUT2D eigenvalue weighted by Crippen LogP contribution is -2.23. The molecule has 0 spiro atoms. The average molecular weight is 402 g/mol. The van der Waals surface area contributed by atoms with E-state index in [9.17, 15) is 4.79 Å². The Labute approximate surface area is 174 Å². The second kappa shape index (κ2) is 8.62. The van der Waals surface area contributed by atoms with E-state index in [1.54, 1.807) is 16.3 Å². The van der Waals surface area contributed by atoms with Crippen molar-refractivity contribution < 1.29 is 0 Å². The minimum absolute atomic E-state index is 0.0172. The molecule has 0 radical (unpaired) electrons. The first-order valence-electron chi connectivity index (χ1n) is 9.71. The van der Waals surface area contributed by atoms with E-state index >= 15 is 0 Å². The summed E-state index contributed by atoms with van der Waals surface area (Å²) in [5, 5.41) is 0.990. The third-order valence-electron chi connectivity index (χ3n) is 5.04. The summed E-state index contributed by atoms with van der Waals surface area (Å²) in [4.78, 5) is 23.3. The van der Waals surface area contributed by atoms with Crippen molar-refractivity contribution >= 4 is 22.8 Å². The van der Waals surface area contributed by atoms with Gasteiger partial charge in [-0.1, -0.05) is 6.07 Å². The Hall–Kier alpha value is -2.92. The summed E-state index contributed by atoms with van der Waals surface area (Å²) in [6, 6.07) is 18.2. The van der Waals surface area contributed by atoms with Crippen molar-refractivity contribution in [2.45, 2.75) is 31.1 Å². The number of aromatic nitrogens is 3. The van der Waals surface area contributed by atoms with Gasteiger partial charge in [-0.2, -0.15) is 0 Å². The zero-order chi connectivity index (χ0) is 20.2. The van der Waals surface area contributed by atoms with Gasteiger partial charge in [0, 0.05) is 33.9 Å². The lowest BCUT2D eigenvalue weighted by Gasteiger charge is -2.14. The van der Waals surface area contributed by atoms with Crippen LogP contribution in [0.15, 0.2) is 76.7 Å². The molecule has 146 valence electrons. The number of hydrogen-bond acceptors (Lipinski definition) is 4. The first kappa shape index (κ1) is 19.4. The Morgan fingerprint density at radius 1 is 1.00 bits per heavy atom. The molecule has 29 heavy (non-hydrogen) atoms. The van der Waals surface area contributed by atoms with Crippen LogP contribution in [0.1, 0.15) is 23.2 Å². The fourth-order valence-corrected chi connectivity index (χ4v) is 3.99. The van der Waals surface area contributed by atoms with Crippen LogP contribution in [0.25, 0.3) is 16.7 Å². The van der Waals surface area contributed by atoms with Crippen molar-refractivity contribution in [3.63, 3.8) is 0 Å². The Kier molecular flexibility index (Phi) is 5.76. The van der Waals surface area contributed by atoms with E-state index in [1.807, 2.05) is 62.0 Å². The van der Waals surface area contributed by atoms with E-state index in [-0.39, 0.29) is 5.56 Å². The van der Waals surface area contributed by atoms with Gasteiger partial charge in [0.15, 0.2) is 0 Å². The first-order chi connectivity index (χ1) is 14.2. The van der Waals surface area contributed by atoms with Crippen LogP contribution in [0.4, 0.5) is 0 Å². The molecule has 4 nitrogen and oxygen atoms in total. The van der Waals surface area contributed by atoms with Crippen LogP contribution in [0.3, 0.4) is 0 Å². The maximum absolute atomic E-state index is 13.4. The van der Waals surface area contributed by atoms with Gasteiger partial charge in [0.25, 0.3) is 5.56 Å². The Morgan fingerprint density at radius 3 is 2.62 bits per heavy atom. The highest BCUT2D eigenvalue weighted by atomic mass is 32.2. The van der Waals surface area contributed by atoms with Crippen LogP contribution in [0.5, 0.6) is 0 Å². The Morgan fingerprint density at radius 2 is 1.83 bits per heavy atom. The molecule has 0 N–H and O–H groups in total. The smallest absolute Gasteiger partial charge is 0.259 e. The molecular weight excluding hydrogens is 378 g/mol. The molecule has 0 bridgehead atoms. The summed E-state index contributed by atoms with van der Waals surface area (Å²) in [6.07, 6.45) is 8.23. The van der Waals surface area contributed by atoms with Gasteiger partial charge in [0.2, 0.25) is 0 Å². The minimum Gasteiger partial charge on any atom is -0.269 e. The van der Waals surface area contributed by atoms with Gasteiger partial charge in [-0.15, -0.1) is 11.8 Å². The molecule has 0 fully saturated rings. The molecule has 0 saturated carbocycles. The fraction of sp³-hybridized carbons (Fsp3) is 0.208. The lowest BCUT2D eigenvalue weighted by atomic mass is 10.0. The van der Waals surface area contributed by atoms with Crippen molar-refractivity contribution in [2.24, 2.45) is 0 Å². The van der Waals surface area contributed by atoms with Gasteiger partial charge >= 0.3 is 0 Å². The molecule has 0 aliphatic heterocycles. The molecule has 4 aromatic rings. The summed E-state index contributed by atoms with van der Waals surface area (Å²) in [5.41, 5.74) is 4.56. The molecule has 0 unspecified atom stereocenters. The third-order valence-corrected chi connectivity index (χ3v) is 5.76. The molecule has 3 heterocycles. The van der Waals surface area contributed by atoms with Crippen LogP contribution in [-0.2, 0) is 12.8 Å². The van der Waals surface area contributed by atoms with E-state index in [0.29, 0.717) is 5.65 Å². The number of benzene rings is 1. The van der Waals surface area contributed by atoms with Crippen LogP contribution in [0.2, 0.25) is 0 Å². The molecule has 0 atom stereocenters. The van der Waals surface area contributed by atoms with Gasteiger partial charge in [0.05, 0.1) is 5.69 Å². The monoisotopic (exact) mass is 401 g/mol. The molecule has 3 aromatic heterocycles. The molecule has 4 rings (SSSR count). The van der Waals surface area contributed by atoms with E-state index in [4.69, 9.17) is 0 Å². The van der Waals surface area contributed by atoms with Crippen molar-refractivity contribution in [3.05, 3.63) is 94.2 Å². The average Bonchev–Trinajstić information content (AvgIpc) is 2.75. The van der Waals surface area contributed by atoms with Gasteiger partial charge in [-0.05, 0) is 86.5 Å². The number of pyridine rings is 3. The van der Waals surface area contributed by atoms with Crippen molar-refractivity contribution in [1.29, 1.82) is 0 Å². The highest BCUT2D eigenvalue weighted by Gasteiger charge is 2.13. The molecule has 0 aliphatic carbocycles. The van der Waals surface area contributed by atoms with Crippen LogP contribution in [-0.4, -0.2) is 20.8 Å². The Balaban J connectivity index is 1.77. The summed E-state index contributed by atoms with van der Waals surface area (Å²) in [5.74, 6) is 0. The largest absolute Gasteiger partial charge is 0.269 e. The number of rotatable bonds is 6. The predicted octanol–water partition coefficient (Wildman–Crippen LogP) is 4.99. The zero-order valence-corrected chi connectivity index (χ0v) is 17.4. The van der Waals surface area contributed by atoms with Crippen LogP contribution >= 0.6 is 11.8 Å². The summed E-state index contributed by atoms with van der Waals surface area (Å²) in [7, 11) is 0.